The third-order valence-electron chi connectivity index (χ3n) is 4.70. The molecule has 0 heterocycles. The predicted octanol–water partition coefficient (Wildman–Crippen LogP) is 5.00. The number of hydrogen-bond acceptors (Lipinski definition) is 1. The van der Waals surface area contributed by atoms with Gasteiger partial charge in [0.1, 0.15) is 0 Å². The Bertz CT molecular complexity index is 360. The molecule has 0 bridgehead atoms. The molecule has 1 unspecified atom stereocenters. The van der Waals surface area contributed by atoms with Gasteiger partial charge in [0.25, 0.3) is 0 Å². The maximum Gasteiger partial charge on any atom is 0.0294 e. The van der Waals surface area contributed by atoms with Crippen LogP contribution in [0.4, 0.5) is 0 Å². The highest BCUT2D eigenvalue weighted by atomic mass is 14.9. The predicted molar refractivity (Wildman–Crippen MR) is 83.4 cm³/mol. The van der Waals surface area contributed by atoms with E-state index in [1.807, 2.05) is 0 Å². The van der Waals surface area contributed by atoms with Gasteiger partial charge in [-0.05, 0) is 45.1 Å². The average molecular weight is 259 g/mol. The van der Waals surface area contributed by atoms with Crippen molar-refractivity contribution in [3.05, 3.63) is 35.4 Å². The van der Waals surface area contributed by atoms with Crippen LogP contribution < -0.4 is 5.32 Å². The molecule has 0 saturated heterocycles. The van der Waals surface area contributed by atoms with E-state index in [9.17, 15) is 0 Å². The van der Waals surface area contributed by atoms with Crippen molar-refractivity contribution >= 4 is 0 Å². The molecular formula is C18H29N. The minimum Gasteiger partial charge on any atom is -0.307 e. The number of hydrogen-bond donors (Lipinski definition) is 1. The second kappa shape index (κ2) is 7.09. The third-order valence-corrected chi connectivity index (χ3v) is 4.70. The molecule has 0 aromatic heterocycles. The van der Waals surface area contributed by atoms with E-state index in [0.29, 0.717) is 12.1 Å². The Hall–Kier alpha value is -0.820. The smallest absolute Gasteiger partial charge is 0.0294 e. The van der Waals surface area contributed by atoms with Crippen LogP contribution in [0.5, 0.6) is 0 Å². The molecule has 0 radical (unpaired) electrons. The summed E-state index contributed by atoms with van der Waals surface area (Å²) in [5, 5.41) is 3.81. The topological polar surface area (TPSA) is 12.0 Å². The third kappa shape index (κ3) is 4.35. The molecule has 19 heavy (non-hydrogen) atoms. The largest absolute Gasteiger partial charge is 0.307 e. The van der Waals surface area contributed by atoms with E-state index in [1.54, 1.807) is 0 Å². The van der Waals surface area contributed by atoms with E-state index in [-0.39, 0.29) is 0 Å². The van der Waals surface area contributed by atoms with Crippen molar-refractivity contribution in [3.63, 3.8) is 0 Å². The quantitative estimate of drug-likeness (QED) is 0.750. The lowest BCUT2D eigenvalue weighted by Gasteiger charge is -2.27. The first-order chi connectivity index (χ1) is 9.16. The highest BCUT2D eigenvalue weighted by molar-refractivity contribution is 5.23. The zero-order valence-corrected chi connectivity index (χ0v) is 12.8. The fourth-order valence-corrected chi connectivity index (χ4v) is 3.29. The average Bonchev–Trinajstić information content (AvgIpc) is 2.68. The van der Waals surface area contributed by atoms with Crippen LogP contribution in [-0.4, -0.2) is 6.04 Å². The molecule has 2 atom stereocenters. The van der Waals surface area contributed by atoms with E-state index < -0.39 is 0 Å². The summed E-state index contributed by atoms with van der Waals surface area (Å²) in [6.07, 6.45) is 8.56. The van der Waals surface area contributed by atoms with Crippen molar-refractivity contribution in [1.29, 1.82) is 0 Å². The monoisotopic (exact) mass is 259 g/mol. The van der Waals surface area contributed by atoms with Crippen LogP contribution >= 0.6 is 0 Å². The van der Waals surface area contributed by atoms with Crippen molar-refractivity contribution in [2.45, 2.75) is 71.4 Å². The lowest BCUT2D eigenvalue weighted by Crippen LogP contribution is -2.35. The van der Waals surface area contributed by atoms with E-state index in [0.717, 1.165) is 5.92 Å². The van der Waals surface area contributed by atoms with Crippen LogP contribution in [0.1, 0.15) is 69.5 Å². The van der Waals surface area contributed by atoms with Gasteiger partial charge in [0, 0.05) is 12.1 Å². The minimum absolute atomic E-state index is 0.457. The Morgan fingerprint density at radius 3 is 2.11 bits per heavy atom. The van der Waals surface area contributed by atoms with Crippen LogP contribution in [0, 0.1) is 12.8 Å². The molecule has 1 saturated carbocycles. The van der Waals surface area contributed by atoms with Crippen LogP contribution in [0.15, 0.2) is 24.3 Å². The Morgan fingerprint density at radius 2 is 1.53 bits per heavy atom. The Morgan fingerprint density at radius 1 is 0.947 bits per heavy atom. The molecule has 1 aliphatic rings. The van der Waals surface area contributed by atoms with Gasteiger partial charge in [-0.2, -0.15) is 0 Å². The summed E-state index contributed by atoms with van der Waals surface area (Å²) in [4.78, 5) is 0. The first kappa shape index (κ1) is 14.6. The standard InChI is InChI=1S/C18H29N/c1-14-10-12-18(13-11-14)16(3)19-15(2)17-8-6-4-5-7-9-17/h10-13,15-17,19H,4-9H2,1-3H3/t15-,16?/m0/s1. The van der Waals surface area contributed by atoms with Crippen molar-refractivity contribution in [2.24, 2.45) is 5.92 Å². The fourth-order valence-electron chi connectivity index (χ4n) is 3.29. The lowest BCUT2D eigenvalue weighted by atomic mass is 9.92. The van der Waals surface area contributed by atoms with Crippen molar-refractivity contribution in [2.75, 3.05) is 0 Å². The molecule has 1 heteroatoms. The molecule has 0 amide bonds. The van der Waals surface area contributed by atoms with E-state index in [2.05, 4.69) is 50.4 Å². The highest BCUT2D eigenvalue weighted by Gasteiger charge is 2.20. The van der Waals surface area contributed by atoms with E-state index >= 15 is 0 Å². The second-order valence-electron chi connectivity index (χ2n) is 6.34. The summed E-state index contributed by atoms with van der Waals surface area (Å²) in [7, 11) is 0. The lowest BCUT2D eigenvalue weighted by molar-refractivity contribution is 0.316. The summed E-state index contributed by atoms with van der Waals surface area (Å²) in [6.45, 7) is 6.81. The number of benzene rings is 1. The molecule has 106 valence electrons. The molecule has 0 spiro atoms. The Labute approximate surface area is 118 Å². The van der Waals surface area contributed by atoms with Crippen molar-refractivity contribution in [3.8, 4) is 0 Å². The molecular weight excluding hydrogens is 230 g/mol. The SMILES string of the molecule is Cc1ccc(C(C)N[C@@H](C)C2CCCCCC2)cc1. The maximum atomic E-state index is 3.81. The number of rotatable bonds is 4. The van der Waals surface area contributed by atoms with Crippen LogP contribution in [0.25, 0.3) is 0 Å². The molecule has 1 aromatic carbocycles. The van der Waals surface area contributed by atoms with Gasteiger partial charge in [-0.3, -0.25) is 0 Å². The summed E-state index contributed by atoms with van der Waals surface area (Å²) in [5.41, 5.74) is 2.75. The maximum absolute atomic E-state index is 3.81. The van der Waals surface area contributed by atoms with Gasteiger partial charge in [0.05, 0.1) is 0 Å². The summed E-state index contributed by atoms with van der Waals surface area (Å²) in [6, 6.07) is 10.0. The normalized spacial score (nSPS) is 20.8. The zero-order chi connectivity index (χ0) is 13.7. The van der Waals surface area contributed by atoms with Gasteiger partial charge in [0.15, 0.2) is 0 Å². The highest BCUT2D eigenvalue weighted by Crippen LogP contribution is 2.26. The Balaban J connectivity index is 1.89. The molecule has 1 N–H and O–H groups in total. The van der Waals surface area contributed by atoms with Crippen LogP contribution in [-0.2, 0) is 0 Å². The van der Waals surface area contributed by atoms with Crippen molar-refractivity contribution in [1.82, 2.24) is 5.32 Å². The summed E-state index contributed by atoms with van der Waals surface area (Å²) < 4.78 is 0. The molecule has 2 rings (SSSR count). The molecule has 0 aliphatic heterocycles. The number of aryl methyl sites for hydroxylation is 1. The van der Waals surface area contributed by atoms with Crippen molar-refractivity contribution < 1.29 is 0 Å². The summed E-state index contributed by atoms with van der Waals surface area (Å²) in [5.74, 6) is 0.871. The number of nitrogens with one attached hydrogen (secondary N) is 1. The van der Waals surface area contributed by atoms with Gasteiger partial charge in [0.2, 0.25) is 0 Å². The van der Waals surface area contributed by atoms with Gasteiger partial charge in [-0.15, -0.1) is 0 Å². The van der Waals surface area contributed by atoms with Gasteiger partial charge in [-0.1, -0.05) is 55.5 Å². The first-order valence-corrected chi connectivity index (χ1v) is 7.99. The Kier molecular flexibility index (Phi) is 5.45. The fraction of sp³-hybridized carbons (Fsp3) is 0.667. The minimum atomic E-state index is 0.457. The molecule has 1 aromatic rings. The summed E-state index contributed by atoms with van der Waals surface area (Å²) >= 11 is 0. The van der Waals surface area contributed by atoms with E-state index in [4.69, 9.17) is 0 Å². The first-order valence-electron chi connectivity index (χ1n) is 7.99. The zero-order valence-electron chi connectivity index (χ0n) is 12.8. The van der Waals surface area contributed by atoms with Crippen LogP contribution in [0.2, 0.25) is 0 Å². The second-order valence-corrected chi connectivity index (χ2v) is 6.34. The van der Waals surface area contributed by atoms with Gasteiger partial charge >= 0.3 is 0 Å². The van der Waals surface area contributed by atoms with E-state index in [1.165, 1.54) is 49.7 Å². The molecule has 1 fully saturated rings. The van der Waals surface area contributed by atoms with Gasteiger partial charge < -0.3 is 5.32 Å². The van der Waals surface area contributed by atoms with Gasteiger partial charge in [-0.25, -0.2) is 0 Å². The van der Waals surface area contributed by atoms with Crippen LogP contribution in [0.3, 0.4) is 0 Å². The molecule has 1 aliphatic carbocycles. The molecule has 1 nitrogen and oxygen atoms in total.